The lowest BCUT2D eigenvalue weighted by Gasteiger charge is -2.36. The van der Waals surface area contributed by atoms with Gasteiger partial charge in [-0.2, -0.15) is 0 Å². The van der Waals surface area contributed by atoms with Gasteiger partial charge in [-0.3, -0.25) is 9.59 Å². The molecule has 0 unspecified atom stereocenters. The van der Waals surface area contributed by atoms with Gasteiger partial charge in [-0.25, -0.2) is 0 Å². The predicted octanol–water partition coefficient (Wildman–Crippen LogP) is 2.77. The first-order chi connectivity index (χ1) is 14.1. The Bertz CT molecular complexity index is 813. The van der Waals surface area contributed by atoms with E-state index < -0.39 is 0 Å². The smallest absolute Gasteiger partial charge is 0.262 e. The van der Waals surface area contributed by atoms with E-state index in [4.69, 9.17) is 9.47 Å². The fourth-order valence-corrected chi connectivity index (χ4v) is 3.21. The minimum Gasteiger partial charge on any atom is -0.497 e. The van der Waals surface area contributed by atoms with Crippen LogP contribution in [0.1, 0.15) is 13.3 Å². The number of carbonyl (C=O) groups excluding carboxylic acids is 2. The molecule has 2 amide bonds. The lowest BCUT2D eigenvalue weighted by atomic mass is 10.2. The van der Waals surface area contributed by atoms with Gasteiger partial charge in [0, 0.05) is 44.0 Å². The number of anilines is 2. The minimum atomic E-state index is -0.222. The first-order valence-corrected chi connectivity index (χ1v) is 9.78. The van der Waals surface area contributed by atoms with Crippen LogP contribution in [-0.4, -0.2) is 56.6 Å². The molecule has 0 spiro atoms. The van der Waals surface area contributed by atoms with E-state index in [1.165, 1.54) is 0 Å². The van der Waals surface area contributed by atoms with Gasteiger partial charge in [-0.05, 0) is 48.5 Å². The molecule has 154 valence electrons. The number of benzene rings is 2. The molecule has 1 N–H and O–H groups in total. The van der Waals surface area contributed by atoms with E-state index >= 15 is 0 Å². The van der Waals surface area contributed by atoms with Crippen LogP contribution in [0.2, 0.25) is 0 Å². The van der Waals surface area contributed by atoms with E-state index in [2.05, 4.69) is 10.2 Å². The lowest BCUT2D eigenvalue weighted by molar-refractivity contribution is -0.131. The first kappa shape index (κ1) is 20.5. The van der Waals surface area contributed by atoms with Gasteiger partial charge < -0.3 is 24.6 Å². The van der Waals surface area contributed by atoms with Crippen molar-refractivity contribution in [3.63, 3.8) is 0 Å². The number of ether oxygens (including phenoxy) is 2. The van der Waals surface area contributed by atoms with Crippen molar-refractivity contribution in [1.29, 1.82) is 0 Å². The van der Waals surface area contributed by atoms with E-state index in [0.29, 0.717) is 12.2 Å². The third-order valence-corrected chi connectivity index (χ3v) is 4.88. The Morgan fingerprint density at radius 1 is 0.931 bits per heavy atom. The van der Waals surface area contributed by atoms with Crippen LogP contribution in [0.25, 0.3) is 0 Å². The van der Waals surface area contributed by atoms with Crippen LogP contribution in [0.4, 0.5) is 11.4 Å². The molecule has 1 heterocycles. The number of carbonyl (C=O) groups is 2. The monoisotopic (exact) mass is 397 g/mol. The van der Waals surface area contributed by atoms with Gasteiger partial charge >= 0.3 is 0 Å². The maximum Gasteiger partial charge on any atom is 0.262 e. The number of hydrogen-bond acceptors (Lipinski definition) is 5. The number of amides is 2. The van der Waals surface area contributed by atoms with Crippen molar-refractivity contribution in [3.05, 3.63) is 48.5 Å². The van der Waals surface area contributed by atoms with Gasteiger partial charge in [-0.1, -0.05) is 6.92 Å². The molecule has 7 heteroatoms. The normalized spacial score (nSPS) is 13.7. The summed E-state index contributed by atoms with van der Waals surface area (Å²) in [5, 5.41) is 2.83. The molecule has 3 rings (SSSR count). The molecule has 1 fully saturated rings. The van der Waals surface area contributed by atoms with E-state index in [1.54, 1.807) is 31.4 Å². The highest BCUT2D eigenvalue weighted by Gasteiger charge is 2.20. The highest BCUT2D eigenvalue weighted by atomic mass is 16.5. The molecule has 0 aliphatic carbocycles. The van der Waals surface area contributed by atoms with Crippen LogP contribution < -0.4 is 19.7 Å². The highest BCUT2D eigenvalue weighted by Crippen LogP contribution is 2.20. The molecule has 7 nitrogen and oxygen atoms in total. The van der Waals surface area contributed by atoms with Crippen molar-refractivity contribution in [3.8, 4) is 11.5 Å². The van der Waals surface area contributed by atoms with Crippen molar-refractivity contribution < 1.29 is 19.1 Å². The fourth-order valence-electron chi connectivity index (χ4n) is 3.21. The zero-order chi connectivity index (χ0) is 20.6. The summed E-state index contributed by atoms with van der Waals surface area (Å²) in [6.45, 7) is 4.94. The standard InChI is InChI=1S/C22H27N3O4/c1-3-22(27)25-14-12-24(13-15-25)18-6-4-17(5-7-18)23-21(26)16-29-20-10-8-19(28-2)9-11-20/h4-11H,3,12-16H2,1-2H3,(H,23,26). The summed E-state index contributed by atoms with van der Waals surface area (Å²) in [7, 11) is 1.60. The molecular formula is C22H27N3O4. The Kier molecular flexibility index (Phi) is 6.94. The van der Waals surface area contributed by atoms with Gasteiger partial charge in [0.05, 0.1) is 7.11 Å². The summed E-state index contributed by atoms with van der Waals surface area (Å²) in [6.07, 6.45) is 0.552. The molecule has 0 bridgehead atoms. The summed E-state index contributed by atoms with van der Waals surface area (Å²) in [5.41, 5.74) is 1.80. The average Bonchev–Trinajstić information content (AvgIpc) is 2.78. The van der Waals surface area contributed by atoms with Crippen LogP contribution in [0.3, 0.4) is 0 Å². The number of rotatable bonds is 7. The summed E-state index contributed by atoms with van der Waals surface area (Å²) in [5.74, 6) is 1.33. The molecule has 0 radical (unpaired) electrons. The Morgan fingerprint density at radius 2 is 1.55 bits per heavy atom. The molecular weight excluding hydrogens is 370 g/mol. The molecule has 0 aromatic heterocycles. The number of hydrogen-bond donors (Lipinski definition) is 1. The Morgan fingerprint density at radius 3 is 2.14 bits per heavy atom. The van der Waals surface area contributed by atoms with Gasteiger partial charge in [0.2, 0.25) is 5.91 Å². The van der Waals surface area contributed by atoms with Gasteiger partial charge in [0.1, 0.15) is 11.5 Å². The number of nitrogens with one attached hydrogen (secondary N) is 1. The largest absolute Gasteiger partial charge is 0.497 e. The first-order valence-electron chi connectivity index (χ1n) is 9.78. The average molecular weight is 397 g/mol. The van der Waals surface area contributed by atoms with Gasteiger partial charge in [0.25, 0.3) is 5.91 Å². The highest BCUT2D eigenvalue weighted by molar-refractivity contribution is 5.92. The molecule has 2 aromatic carbocycles. The van der Waals surface area contributed by atoms with Crippen molar-refractivity contribution in [2.75, 3.05) is 50.1 Å². The third kappa shape index (κ3) is 5.63. The van der Waals surface area contributed by atoms with Crippen LogP contribution in [-0.2, 0) is 9.59 Å². The van der Waals surface area contributed by atoms with E-state index in [1.807, 2.05) is 36.1 Å². The summed E-state index contributed by atoms with van der Waals surface area (Å²) in [6, 6.07) is 14.8. The lowest BCUT2D eigenvalue weighted by Crippen LogP contribution is -2.48. The van der Waals surface area contributed by atoms with Crippen molar-refractivity contribution in [2.24, 2.45) is 0 Å². The Labute approximate surface area is 171 Å². The van der Waals surface area contributed by atoms with E-state index in [9.17, 15) is 9.59 Å². The van der Waals surface area contributed by atoms with E-state index in [0.717, 1.165) is 43.3 Å². The fraction of sp³-hybridized carbons (Fsp3) is 0.364. The third-order valence-electron chi connectivity index (χ3n) is 4.88. The SMILES string of the molecule is CCC(=O)N1CCN(c2ccc(NC(=O)COc3ccc(OC)cc3)cc2)CC1. The maximum atomic E-state index is 12.1. The van der Waals surface area contributed by atoms with Crippen LogP contribution in [0, 0.1) is 0 Å². The van der Waals surface area contributed by atoms with Gasteiger partial charge in [0.15, 0.2) is 6.61 Å². The van der Waals surface area contributed by atoms with Crippen LogP contribution >= 0.6 is 0 Å². The predicted molar refractivity (Wildman–Crippen MR) is 113 cm³/mol. The second-order valence-electron chi connectivity index (χ2n) is 6.78. The molecule has 0 atom stereocenters. The summed E-state index contributed by atoms with van der Waals surface area (Å²) >= 11 is 0. The quantitative estimate of drug-likeness (QED) is 0.778. The number of methoxy groups -OCH3 is 1. The Balaban J connectivity index is 1.46. The van der Waals surface area contributed by atoms with Crippen molar-refractivity contribution in [2.45, 2.75) is 13.3 Å². The minimum absolute atomic E-state index is 0.0680. The summed E-state index contributed by atoms with van der Waals surface area (Å²) in [4.78, 5) is 28.1. The molecule has 2 aromatic rings. The summed E-state index contributed by atoms with van der Waals surface area (Å²) < 4.78 is 10.6. The second-order valence-corrected chi connectivity index (χ2v) is 6.78. The molecule has 1 aliphatic heterocycles. The number of nitrogens with zero attached hydrogens (tertiary/aromatic N) is 2. The number of piperazine rings is 1. The maximum absolute atomic E-state index is 12.1. The van der Waals surface area contributed by atoms with Crippen molar-refractivity contribution in [1.82, 2.24) is 4.90 Å². The van der Waals surface area contributed by atoms with E-state index in [-0.39, 0.29) is 18.4 Å². The van der Waals surface area contributed by atoms with Crippen LogP contribution in [0.5, 0.6) is 11.5 Å². The zero-order valence-electron chi connectivity index (χ0n) is 16.9. The van der Waals surface area contributed by atoms with Crippen LogP contribution in [0.15, 0.2) is 48.5 Å². The van der Waals surface area contributed by atoms with Crippen molar-refractivity contribution >= 4 is 23.2 Å². The molecule has 1 aliphatic rings. The zero-order valence-corrected chi connectivity index (χ0v) is 16.9. The molecule has 29 heavy (non-hydrogen) atoms. The Hall–Kier alpha value is -3.22. The second kappa shape index (κ2) is 9.82. The van der Waals surface area contributed by atoms with Gasteiger partial charge in [-0.15, -0.1) is 0 Å². The molecule has 0 saturated carbocycles. The topological polar surface area (TPSA) is 71.1 Å². The molecule has 1 saturated heterocycles.